The summed E-state index contributed by atoms with van der Waals surface area (Å²) in [4.78, 5) is 0. The molecule has 0 aromatic heterocycles. The van der Waals surface area contributed by atoms with E-state index in [0.29, 0.717) is 5.41 Å². The fourth-order valence-electron chi connectivity index (χ4n) is 1.96. The zero-order chi connectivity index (χ0) is 8.86. The monoisotopic (exact) mass is 170 g/mol. The molecule has 0 aromatic rings. The van der Waals surface area contributed by atoms with Gasteiger partial charge in [0.15, 0.2) is 0 Å². The predicted molar refractivity (Wildman–Crippen MR) is 53.4 cm³/mol. The average molecular weight is 170 g/mol. The lowest BCUT2D eigenvalue weighted by molar-refractivity contribution is 0.261. The van der Waals surface area contributed by atoms with Crippen molar-refractivity contribution in [3.63, 3.8) is 0 Å². The van der Waals surface area contributed by atoms with Crippen LogP contribution in [0.1, 0.15) is 32.6 Å². The van der Waals surface area contributed by atoms with Crippen LogP contribution in [0.25, 0.3) is 0 Å². The fourth-order valence-corrected chi connectivity index (χ4v) is 1.96. The van der Waals surface area contributed by atoms with Gasteiger partial charge < -0.3 is 10.6 Å². The Kier molecular flexibility index (Phi) is 4.02. The maximum atomic E-state index is 3.46. The highest BCUT2D eigenvalue weighted by Gasteiger charge is 2.24. The average Bonchev–Trinajstić information content (AvgIpc) is 2.27. The van der Waals surface area contributed by atoms with E-state index in [0.717, 1.165) is 6.54 Å². The van der Waals surface area contributed by atoms with Crippen molar-refractivity contribution in [1.29, 1.82) is 0 Å². The van der Waals surface area contributed by atoms with Crippen LogP contribution in [0.4, 0.5) is 0 Å². The van der Waals surface area contributed by atoms with E-state index in [1.165, 1.54) is 38.8 Å². The Morgan fingerprint density at radius 2 is 2.17 bits per heavy atom. The molecule has 1 saturated heterocycles. The first-order valence-electron chi connectivity index (χ1n) is 5.12. The minimum atomic E-state index is 0.590. The van der Waals surface area contributed by atoms with Gasteiger partial charge >= 0.3 is 0 Å². The van der Waals surface area contributed by atoms with Crippen LogP contribution in [-0.4, -0.2) is 26.7 Å². The first-order chi connectivity index (χ1) is 5.77. The third-order valence-electron chi connectivity index (χ3n) is 3.02. The summed E-state index contributed by atoms with van der Waals surface area (Å²) in [5, 5.41) is 6.70. The molecule has 2 heteroatoms. The maximum absolute atomic E-state index is 3.46. The van der Waals surface area contributed by atoms with Crippen LogP contribution < -0.4 is 10.6 Å². The highest BCUT2D eigenvalue weighted by atomic mass is 14.9. The SMILES string of the molecule is CNCCC1(C)CCCNCC1. The predicted octanol–water partition coefficient (Wildman–Crippen LogP) is 1.38. The van der Waals surface area contributed by atoms with Gasteiger partial charge in [-0.2, -0.15) is 0 Å². The van der Waals surface area contributed by atoms with Gasteiger partial charge in [0.05, 0.1) is 0 Å². The van der Waals surface area contributed by atoms with Gasteiger partial charge in [-0.3, -0.25) is 0 Å². The molecule has 1 rings (SSSR count). The van der Waals surface area contributed by atoms with Gasteiger partial charge in [0, 0.05) is 0 Å². The van der Waals surface area contributed by atoms with E-state index in [1.807, 2.05) is 7.05 Å². The smallest absolute Gasteiger partial charge is 0.00437 e. The van der Waals surface area contributed by atoms with Crippen molar-refractivity contribution >= 4 is 0 Å². The normalized spacial score (nSPS) is 31.5. The van der Waals surface area contributed by atoms with Crippen LogP contribution in [-0.2, 0) is 0 Å². The van der Waals surface area contributed by atoms with Crippen molar-refractivity contribution in [2.75, 3.05) is 26.7 Å². The zero-order valence-electron chi connectivity index (χ0n) is 8.45. The molecule has 12 heavy (non-hydrogen) atoms. The Morgan fingerprint density at radius 3 is 2.92 bits per heavy atom. The van der Waals surface area contributed by atoms with Crippen molar-refractivity contribution in [1.82, 2.24) is 10.6 Å². The number of hydrogen-bond acceptors (Lipinski definition) is 2. The molecule has 1 unspecified atom stereocenters. The Balaban J connectivity index is 2.32. The summed E-state index contributed by atoms with van der Waals surface area (Å²) in [5.74, 6) is 0. The van der Waals surface area contributed by atoms with Crippen LogP contribution in [0.15, 0.2) is 0 Å². The van der Waals surface area contributed by atoms with Gasteiger partial charge in [-0.25, -0.2) is 0 Å². The van der Waals surface area contributed by atoms with E-state index in [-0.39, 0.29) is 0 Å². The Bertz CT molecular complexity index is 115. The minimum absolute atomic E-state index is 0.590. The quantitative estimate of drug-likeness (QED) is 0.668. The third kappa shape index (κ3) is 3.11. The van der Waals surface area contributed by atoms with Crippen molar-refractivity contribution < 1.29 is 0 Å². The van der Waals surface area contributed by atoms with E-state index in [1.54, 1.807) is 0 Å². The highest BCUT2D eigenvalue weighted by Crippen LogP contribution is 2.31. The number of nitrogens with one attached hydrogen (secondary N) is 2. The molecule has 0 bridgehead atoms. The summed E-state index contributed by atoms with van der Waals surface area (Å²) in [6.07, 6.45) is 5.40. The Labute approximate surface area is 76.1 Å². The molecule has 1 aliphatic heterocycles. The van der Waals surface area contributed by atoms with E-state index in [9.17, 15) is 0 Å². The van der Waals surface area contributed by atoms with E-state index >= 15 is 0 Å². The van der Waals surface area contributed by atoms with E-state index in [2.05, 4.69) is 17.6 Å². The van der Waals surface area contributed by atoms with Gasteiger partial charge in [-0.05, 0) is 57.8 Å². The molecule has 72 valence electrons. The molecule has 1 fully saturated rings. The number of rotatable bonds is 3. The van der Waals surface area contributed by atoms with Gasteiger partial charge in [-0.15, -0.1) is 0 Å². The molecule has 0 aromatic carbocycles. The van der Waals surface area contributed by atoms with Crippen molar-refractivity contribution in [2.24, 2.45) is 5.41 Å². The fraction of sp³-hybridized carbons (Fsp3) is 1.00. The van der Waals surface area contributed by atoms with Crippen molar-refractivity contribution in [3.8, 4) is 0 Å². The van der Waals surface area contributed by atoms with Crippen LogP contribution in [0, 0.1) is 5.41 Å². The molecular formula is C10H22N2. The molecule has 1 aliphatic rings. The summed E-state index contributed by atoms with van der Waals surface area (Å²) in [6, 6.07) is 0. The van der Waals surface area contributed by atoms with Crippen LogP contribution in [0.5, 0.6) is 0 Å². The molecule has 0 aliphatic carbocycles. The molecule has 1 atom stereocenters. The van der Waals surface area contributed by atoms with Crippen molar-refractivity contribution in [3.05, 3.63) is 0 Å². The first kappa shape index (κ1) is 10.0. The summed E-state index contributed by atoms with van der Waals surface area (Å²) < 4.78 is 0. The lowest BCUT2D eigenvalue weighted by Gasteiger charge is -2.27. The second-order valence-corrected chi connectivity index (χ2v) is 4.27. The van der Waals surface area contributed by atoms with Crippen LogP contribution >= 0.6 is 0 Å². The summed E-state index contributed by atoms with van der Waals surface area (Å²) in [6.45, 7) is 6.02. The topological polar surface area (TPSA) is 24.1 Å². The largest absolute Gasteiger partial charge is 0.320 e. The second kappa shape index (κ2) is 4.83. The van der Waals surface area contributed by atoms with Crippen molar-refractivity contribution in [2.45, 2.75) is 32.6 Å². The zero-order valence-corrected chi connectivity index (χ0v) is 8.45. The third-order valence-corrected chi connectivity index (χ3v) is 3.02. The lowest BCUT2D eigenvalue weighted by Crippen LogP contribution is -2.24. The molecule has 0 amide bonds. The lowest BCUT2D eigenvalue weighted by atomic mass is 9.80. The first-order valence-corrected chi connectivity index (χ1v) is 5.12. The van der Waals surface area contributed by atoms with Gasteiger partial charge in [-0.1, -0.05) is 6.92 Å². The van der Waals surface area contributed by atoms with Gasteiger partial charge in [0.2, 0.25) is 0 Å². The minimum Gasteiger partial charge on any atom is -0.320 e. The Hall–Kier alpha value is -0.0800. The molecule has 2 N–H and O–H groups in total. The van der Waals surface area contributed by atoms with E-state index in [4.69, 9.17) is 0 Å². The van der Waals surface area contributed by atoms with Crippen LogP contribution in [0.2, 0.25) is 0 Å². The summed E-state index contributed by atoms with van der Waals surface area (Å²) in [5.41, 5.74) is 0.590. The van der Waals surface area contributed by atoms with Gasteiger partial charge in [0.1, 0.15) is 0 Å². The van der Waals surface area contributed by atoms with E-state index < -0.39 is 0 Å². The Morgan fingerprint density at radius 1 is 1.33 bits per heavy atom. The molecule has 2 nitrogen and oxygen atoms in total. The molecule has 0 spiro atoms. The molecular weight excluding hydrogens is 148 g/mol. The molecule has 1 heterocycles. The molecule has 0 saturated carbocycles. The molecule has 0 radical (unpaired) electrons. The second-order valence-electron chi connectivity index (χ2n) is 4.27. The standard InChI is InChI=1S/C10H22N2/c1-10(5-8-11-2)4-3-7-12-9-6-10/h11-12H,3-9H2,1-2H3. The summed E-state index contributed by atoms with van der Waals surface area (Å²) >= 11 is 0. The van der Waals surface area contributed by atoms with Gasteiger partial charge in [0.25, 0.3) is 0 Å². The highest BCUT2D eigenvalue weighted by molar-refractivity contribution is 4.78. The maximum Gasteiger partial charge on any atom is -0.00437 e. The summed E-state index contributed by atoms with van der Waals surface area (Å²) in [7, 11) is 2.04. The number of hydrogen-bond donors (Lipinski definition) is 2. The van der Waals surface area contributed by atoms with Crippen LogP contribution in [0.3, 0.4) is 0 Å².